The quantitative estimate of drug-likeness (QED) is 0.692. The molecule has 1 unspecified atom stereocenters. The Morgan fingerprint density at radius 3 is 2.50 bits per heavy atom. The van der Waals surface area contributed by atoms with Gasteiger partial charge in [-0.05, 0) is 47.9 Å². The number of benzene rings is 1. The average molecular weight is 393 g/mol. The lowest BCUT2D eigenvalue weighted by molar-refractivity contribution is -0.121. The van der Waals surface area contributed by atoms with Gasteiger partial charge in [0, 0.05) is 41.1 Å². The van der Waals surface area contributed by atoms with Gasteiger partial charge in [0.05, 0.1) is 11.9 Å². The molecule has 0 saturated carbocycles. The normalized spacial score (nSPS) is 21.7. The molecule has 4 rings (SSSR count). The Morgan fingerprint density at radius 1 is 1.11 bits per heavy atom. The smallest absolute Gasteiger partial charge is 0.232 e. The minimum atomic E-state index is -0.171. The molecule has 1 atom stereocenters. The zero-order valence-electron chi connectivity index (χ0n) is 16.4. The molecule has 0 spiro atoms. The third-order valence-electron chi connectivity index (χ3n) is 5.57. The van der Waals surface area contributed by atoms with Crippen LogP contribution >= 0.6 is 11.8 Å². The predicted octanol–water partition coefficient (Wildman–Crippen LogP) is 4.97. The number of hydrogen-bond donors (Lipinski definition) is 0. The minimum absolute atomic E-state index is 0.0243. The molecule has 2 heterocycles. The molecule has 2 aromatic rings. The standard InChI is InChI=1S/C23H24N2O2S/c1-23(2)12-19-22(20(26)13-23)18(15-6-8-17(28-3)9-7-15)11-21(27)25(19)16-5-4-10-24-14-16/h4-10,14,18H,11-13H2,1-3H3. The van der Waals surface area contributed by atoms with Gasteiger partial charge in [-0.3, -0.25) is 19.5 Å². The maximum atomic E-state index is 13.2. The fraction of sp³-hybridized carbons (Fsp3) is 0.348. The van der Waals surface area contributed by atoms with Crippen LogP contribution in [-0.2, 0) is 9.59 Å². The van der Waals surface area contributed by atoms with Crippen molar-refractivity contribution >= 4 is 29.1 Å². The summed E-state index contributed by atoms with van der Waals surface area (Å²) in [5.41, 5.74) is 3.27. The van der Waals surface area contributed by atoms with Gasteiger partial charge >= 0.3 is 0 Å². The van der Waals surface area contributed by atoms with Gasteiger partial charge in [0.1, 0.15) is 0 Å². The zero-order valence-corrected chi connectivity index (χ0v) is 17.3. The van der Waals surface area contributed by atoms with Crippen molar-refractivity contribution in [2.24, 2.45) is 5.41 Å². The van der Waals surface area contributed by atoms with Crippen LogP contribution in [-0.4, -0.2) is 22.9 Å². The molecule has 1 aliphatic carbocycles. The first-order chi connectivity index (χ1) is 13.4. The summed E-state index contributed by atoms with van der Waals surface area (Å²) in [6.45, 7) is 4.19. The SMILES string of the molecule is CSc1ccc(C2CC(=O)N(c3cccnc3)C3=C2C(=O)CC(C)(C)C3)cc1. The van der Waals surface area contributed by atoms with Crippen LogP contribution in [0.3, 0.4) is 0 Å². The third kappa shape index (κ3) is 3.39. The molecule has 4 nitrogen and oxygen atoms in total. The van der Waals surface area contributed by atoms with Crippen LogP contribution in [0, 0.1) is 5.41 Å². The van der Waals surface area contributed by atoms with Crippen LogP contribution in [0.15, 0.2) is 65.0 Å². The number of anilines is 1. The number of rotatable bonds is 3. The maximum absolute atomic E-state index is 13.2. The maximum Gasteiger partial charge on any atom is 0.232 e. The van der Waals surface area contributed by atoms with Crippen molar-refractivity contribution in [2.45, 2.75) is 43.9 Å². The van der Waals surface area contributed by atoms with E-state index >= 15 is 0 Å². The number of nitrogens with zero attached hydrogens (tertiary/aromatic N) is 2. The summed E-state index contributed by atoms with van der Waals surface area (Å²) in [7, 11) is 0. The van der Waals surface area contributed by atoms with E-state index in [1.165, 1.54) is 4.90 Å². The summed E-state index contributed by atoms with van der Waals surface area (Å²) < 4.78 is 0. The van der Waals surface area contributed by atoms with E-state index in [1.54, 1.807) is 29.1 Å². The van der Waals surface area contributed by atoms with E-state index in [-0.39, 0.29) is 23.0 Å². The van der Waals surface area contributed by atoms with E-state index in [1.807, 2.05) is 18.4 Å². The second kappa shape index (κ2) is 7.21. The molecule has 28 heavy (non-hydrogen) atoms. The van der Waals surface area contributed by atoms with Gasteiger partial charge in [0.15, 0.2) is 5.78 Å². The number of carbonyl (C=O) groups is 2. The van der Waals surface area contributed by atoms with Crippen LogP contribution in [0.25, 0.3) is 0 Å². The van der Waals surface area contributed by atoms with Crippen molar-refractivity contribution < 1.29 is 9.59 Å². The number of hydrogen-bond acceptors (Lipinski definition) is 4. The van der Waals surface area contributed by atoms with Crippen LogP contribution < -0.4 is 4.90 Å². The lowest BCUT2D eigenvalue weighted by Gasteiger charge is -2.42. The van der Waals surface area contributed by atoms with Gasteiger partial charge in [-0.1, -0.05) is 26.0 Å². The largest absolute Gasteiger partial charge is 0.294 e. The molecule has 0 saturated heterocycles. The topological polar surface area (TPSA) is 50.3 Å². The highest BCUT2D eigenvalue weighted by molar-refractivity contribution is 7.98. The number of aromatic nitrogens is 1. The van der Waals surface area contributed by atoms with Crippen molar-refractivity contribution in [3.63, 3.8) is 0 Å². The van der Waals surface area contributed by atoms with E-state index in [9.17, 15) is 9.59 Å². The summed E-state index contributed by atoms with van der Waals surface area (Å²) in [6.07, 6.45) is 6.95. The van der Waals surface area contributed by atoms with Crippen molar-refractivity contribution in [2.75, 3.05) is 11.2 Å². The van der Waals surface area contributed by atoms with Crippen molar-refractivity contribution in [1.29, 1.82) is 0 Å². The number of Topliss-reactive ketones (excluding diaryl/α,β-unsaturated/α-hetero) is 1. The molecular weight excluding hydrogens is 368 g/mol. The molecule has 1 amide bonds. The van der Waals surface area contributed by atoms with Crippen molar-refractivity contribution in [3.8, 4) is 0 Å². The highest BCUT2D eigenvalue weighted by Crippen LogP contribution is 2.48. The van der Waals surface area contributed by atoms with Crippen LogP contribution in [0.4, 0.5) is 5.69 Å². The molecule has 0 radical (unpaired) electrons. The summed E-state index contributed by atoms with van der Waals surface area (Å²) in [5.74, 6) is 0.0118. The molecule has 1 aromatic heterocycles. The molecule has 0 N–H and O–H groups in total. The summed E-state index contributed by atoms with van der Waals surface area (Å²) in [4.78, 5) is 33.5. The molecule has 1 aromatic carbocycles. The first-order valence-electron chi connectivity index (χ1n) is 9.53. The molecule has 0 fully saturated rings. The first-order valence-corrected chi connectivity index (χ1v) is 10.8. The number of carbonyl (C=O) groups excluding carboxylic acids is 2. The summed E-state index contributed by atoms with van der Waals surface area (Å²) in [6, 6.07) is 12.0. The Labute approximate surface area is 170 Å². The Morgan fingerprint density at radius 2 is 1.86 bits per heavy atom. The lowest BCUT2D eigenvalue weighted by atomic mass is 9.69. The Kier molecular flexibility index (Phi) is 4.88. The van der Waals surface area contributed by atoms with E-state index in [0.29, 0.717) is 19.3 Å². The second-order valence-corrected chi connectivity index (χ2v) is 9.15. The third-order valence-corrected chi connectivity index (χ3v) is 6.31. The van der Waals surface area contributed by atoms with Crippen LogP contribution in [0.2, 0.25) is 0 Å². The van der Waals surface area contributed by atoms with Gasteiger partial charge in [-0.25, -0.2) is 0 Å². The minimum Gasteiger partial charge on any atom is -0.294 e. The Balaban J connectivity index is 1.86. The zero-order chi connectivity index (χ0) is 19.9. The van der Waals surface area contributed by atoms with E-state index in [2.05, 4.69) is 43.1 Å². The van der Waals surface area contributed by atoms with E-state index in [4.69, 9.17) is 0 Å². The van der Waals surface area contributed by atoms with Crippen molar-refractivity contribution in [1.82, 2.24) is 4.98 Å². The molecule has 5 heteroatoms. The highest BCUT2D eigenvalue weighted by Gasteiger charge is 2.44. The van der Waals surface area contributed by atoms with Gasteiger partial charge in [0.2, 0.25) is 5.91 Å². The summed E-state index contributed by atoms with van der Waals surface area (Å²) in [5, 5.41) is 0. The van der Waals surface area contributed by atoms with Crippen LogP contribution in [0.5, 0.6) is 0 Å². The number of pyridine rings is 1. The van der Waals surface area contributed by atoms with Gasteiger partial charge in [-0.15, -0.1) is 11.8 Å². The Hall–Kier alpha value is -2.40. The fourth-order valence-electron chi connectivity index (χ4n) is 4.32. The number of amides is 1. The number of thioether (sulfide) groups is 1. The van der Waals surface area contributed by atoms with Gasteiger partial charge < -0.3 is 0 Å². The van der Waals surface area contributed by atoms with Crippen molar-refractivity contribution in [3.05, 3.63) is 65.6 Å². The molecule has 1 aliphatic heterocycles. The molecule has 144 valence electrons. The first kappa shape index (κ1) is 18.9. The Bertz CT molecular complexity index is 948. The molecule has 0 bridgehead atoms. The van der Waals surface area contributed by atoms with Gasteiger partial charge in [-0.2, -0.15) is 0 Å². The summed E-state index contributed by atoms with van der Waals surface area (Å²) >= 11 is 1.68. The fourth-order valence-corrected chi connectivity index (χ4v) is 4.73. The predicted molar refractivity (Wildman–Crippen MR) is 112 cm³/mol. The second-order valence-electron chi connectivity index (χ2n) is 8.27. The molecular formula is C23H24N2O2S. The number of ketones is 1. The lowest BCUT2D eigenvalue weighted by Crippen LogP contribution is -2.43. The van der Waals surface area contributed by atoms with E-state index in [0.717, 1.165) is 22.5 Å². The average Bonchev–Trinajstić information content (AvgIpc) is 2.67. The van der Waals surface area contributed by atoms with Crippen LogP contribution in [0.1, 0.15) is 44.6 Å². The highest BCUT2D eigenvalue weighted by atomic mass is 32.2. The monoisotopic (exact) mass is 392 g/mol. The van der Waals surface area contributed by atoms with Gasteiger partial charge in [0.25, 0.3) is 0 Å². The van der Waals surface area contributed by atoms with E-state index < -0.39 is 0 Å². The number of allylic oxidation sites excluding steroid dienone is 2. The molecule has 2 aliphatic rings.